The number of carbonyl (C=O) groups excluding carboxylic acids is 1. The molecule has 0 saturated carbocycles. The number of nitrogens with one attached hydrogen (secondary N) is 1. The minimum absolute atomic E-state index is 0.117. The fourth-order valence-corrected chi connectivity index (χ4v) is 3.15. The molecule has 0 saturated heterocycles. The molecule has 4 nitrogen and oxygen atoms in total. The van der Waals surface area contributed by atoms with E-state index < -0.39 is 5.91 Å². The number of hydrogen-bond donors (Lipinski definition) is 1. The number of thioether (sulfide) groups is 1. The molecule has 0 radical (unpaired) electrons. The van der Waals surface area contributed by atoms with Gasteiger partial charge in [0.2, 0.25) is 0 Å². The van der Waals surface area contributed by atoms with Crippen LogP contribution in [-0.4, -0.2) is 15.9 Å². The summed E-state index contributed by atoms with van der Waals surface area (Å²) in [5.41, 5.74) is 2.69. The van der Waals surface area contributed by atoms with Crippen molar-refractivity contribution in [2.75, 3.05) is 5.32 Å². The average Bonchev–Trinajstić information content (AvgIpc) is 2.64. The van der Waals surface area contributed by atoms with Crippen molar-refractivity contribution in [3.63, 3.8) is 0 Å². The smallest absolute Gasteiger partial charge is 0.275 e. The van der Waals surface area contributed by atoms with E-state index >= 15 is 0 Å². The van der Waals surface area contributed by atoms with Crippen LogP contribution in [0.3, 0.4) is 0 Å². The summed E-state index contributed by atoms with van der Waals surface area (Å²) >= 11 is 7.44. The highest BCUT2D eigenvalue weighted by atomic mass is 35.5. The van der Waals surface area contributed by atoms with E-state index in [-0.39, 0.29) is 16.5 Å². The van der Waals surface area contributed by atoms with Gasteiger partial charge in [0.05, 0.1) is 11.2 Å². The van der Waals surface area contributed by atoms with Crippen molar-refractivity contribution in [3.8, 4) is 0 Å². The maximum absolute atomic E-state index is 13.0. The molecule has 1 aromatic heterocycles. The standard InChI is InChI=1S/C19H15ClFN3OS/c1-12-4-2-3-5-16(12)23-18(25)17-15(20)10-22-19(24-17)26-11-13-6-8-14(21)9-7-13/h2-10H,11H2,1H3,(H,23,25). The minimum atomic E-state index is -0.393. The molecule has 1 N–H and O–H groups in total. The van der Waals surface area contributed by atoms with E-state index in [1.54, 1.807) is 12.1 Å². The lowest BCUT2D eigenvalue weighted by Crippen LogP contribution is -2.15. The number of carbonyl (C=O) groups is 1. The molecule has 0 aliphatic rings. The van der Waals surface area contributed by atoms with E-state index in [1.165, 1.54) is 30.1 Å². The van der Waals surface area contributed by atoms with Crippen molar-refractivity contribution in [3.05, 3.63) is 82.4 Å². The number of nitrogens with zero attached hydrogens (tertiary/aromatic N) is 2. The molecule has 132 valence electrons. The second-order valence-corrected chi connectivity index (χ2v) is 6.88. The molecule has 3 aromatic rings. The van der Waals surface area contributed by atoms with Crippen molar-refractivity contribution >= 4 is 35.0 Å². The highest BCUT2D eigenvalue weighted by Crippen LogP contribution is 2.23. The lowest BCUT2D eigenvalue weighted by atomic mass is 10.2. The third kappa shape index (κ3) is 4.59. The number of halogens is 2. The third-order valence-electron chi connectivity index (χ3n) is 3.61. The Hall–Kier alpha value is -2.44. The van der Waals surface area contributed by atoms with Gasteiger partial charge in [-0.1, -0.05) is 53.7 Å². The van der Waals surface area contributed by atoms with Crippen LogP contribution in [0.5, 0.6) is 0 Å². The fourth-order valence-electron chi connectivity index (χ4n) is 2.20. The van der Waals surface area contributed by atoms with Crippen molar-refractivity contribution in [1.82, 2.24) is 9.97 Å². The van der Waals surface area contributed by atoms with Gasteiger partial charge in [-0.3, -0.25) is 4.79 Å². The number of amides is 1. The van der Waals surface area contributed by atoms with Gasteiger partial charge in [0, 0.05) is 11.4 Å². The van der Waals surface area contributed by atoms with E-state index in [9.17, 15) is 9.18 Å². The van der Waals surface area contributed by atoms with Crippen LogP contribution in [0.4, 0.5) is 10.1 Å². The first-order valence-corrected chi connectivity index (χ1v) is 9.16. The van der Waals surface area contributed by atoms with E-state index in [0.717, 1.165) is 11.1 Å². The van der Waals surface area contributed by atoms with Gasteiger partial charge in [-0.15, -0.1) is 0 Å². The Morgan fingerprint density at radius 2 is 1.92 bits per heavy atom. The number of rotatable bonds is 5. The molecule has 3 rings (SSSR count). The zero-order valence-electron chi connectivity index (χ0n) is 13.9. The van der Waals surface area contributed by atoms with Gasteiger partial charge >= 0.3 is 0 Å². The van der Waals surface area contributed by atoms with Gasteiger partial charge in [0.15, 0.2) is 10.9 Å². The van der Waals surface area contributed by atoms with Crippen LogP contribution in [0.1, 0.15) is 21.6 Å². The molecule has 1 amide bonds. The molecule has 0 atom stereocenters. The van der Waals surface area contributed by atoms with Crippen LogP contribution in [0.25, 0.3) is 0 Å². The minimum Gasteiger partial charge on any atom is -0.320 e. The monoisotopic (exact) mass is 387 g/mol. The van der Waals surface area contributed by atoms with Gasteiger partial charge in [-0.25, -0.2) is 14.4 Å². The number of para-hydroxylation sites is 1. The summed E-state index contributed by atoms with van der Waals surface area (Å²) in [5.74, 6) is -0.118. The van der Waals surface area contributed by atoms with Gasteiger partial charge in [0.1, 0.15) is 5.82 Å². The maximum atomic E-state index is 13.0. The molecule has 0 aliphatic heterocycles. The Morgan fingerprint density at radius 1 is 1.19 bits per heavy atom. The van der Waals surface area contributed by atoms with Crippen LogP contribution in [0, 0.1) is 12.7 Å². The van der Waals surface area contributed by atoms with E-state index in [4.69, 9.17) is 11.6 Å². The van der Waals surface area contributed by atoms with Crippen molar-refractivity contribution in [2.24, 2.45) is 0 Å². The second-order valence-electron chi connectivity index (χ2n) is 5.53. The van der Waals surface area contributed by atoms with Crippen LogP contribution in [-0.2, 0) is 5.75 Å². The van der Waals surface area contributed by atoms with E-state index in [2.05, 4.69) is 15.3 Å². The van der Waals surface area contributed by atoms with Crippen LogP contribution >= 0.6 is 23.4 Å². The molecule has 0 spiro atoms. The Kier molecular flexibility index (Phi) is 5.85. The van der Waals surface area contributed by atoms with Crippen LogP contribution < -0.4 is 5.32 Å². The zero-order valence-corrected chi connectivity index (χ0v) is 15.4. The van der Waals surface area contributed by atoms with Crippen molar-refractivity contribution in [2.45, 2.75) is 17.8 Å². The topological polar surface area (TPSA) is 54.9 Å². The molecule has 7 heteroatoms. The lowest BCUT2D eigenvalue weighted by molar-refractivity contribution is 0.102. The zero-order chi connectivity index (χ0) is 18.5. The Morgan fingerprint density at radius 3 is 2.65 bits per heavy atom. The van der Waals surface area contributed by atoms with Gasteiger partial charge < -0.3 is 5.32 Å². The number of aryl methyl sites for hydroxylation is 1. The summed E-state index contributed by atoms with van der Waals surface area (Å²) in [4.78, 5) is 20.9. The molecule has 0 fully saturated rings. The van der Waals surface area contributed by atoms with Gasteiger partial charge in [-0.05, 0) is 36.2 Å². The largest absolute Gasteiger partial charge is 0.320 e. The van der Waals surface area contributed by atoms with E-state index in [1.807, 2.05) is 31.2 Å². The number of hydrogen-bond acceptors (Lipinski definition) is 4. The fraction of sp³-hybridized carbons (Fsp3) is 0.105. The van der Waals surface area contributed by atoms with Crippen molar-refractivity contribution < 1.29 is 9.18 Å². The average molecular weight is 388 g/mol. The van der Waals surface area contributed by atoms with E-state index in [0.29, 0.717) is 16.6 Å². The summed E-state index contributed by atoms with van der Waals surface area (Å²) < 4.78 is 13.0. The summed E-state index contributed by atoms with van der Waals surface area (Å²) in [7, 11) is 0. The molecular formula is C19H15ClFN3OS. The molecule has 0 aliphatic carbocycles. The predicted octanol–water partition coefficient (Wildman–Crippen LogP) is 5.12. The van der Waals surface area contributed by atoms with Crippen molar-refractivity contribution in [1.29, 1.82) is 0 Å². The molecule has 2 aromatic carbocycles. The van der Waals surface area contributed by atoms with Crippen LogP contribution in [0.15, 0.2) is 59.9 Å². The Bertz CT molecular complexity index is 934. The maximum Gasteiger partial charge on any atom is 0.275 e. The lowest BCUT2D eigenvalue weighted by Gasteiger charge is -2.09. The summed E-state index contributed by atoms with van der Waals surface area (Å²) in [6, 6.07) is 13.7. The number of aromatic nitrogens is 2. The first-order chi connectivity index (χ1) is 12.5. The molecule has 0 unspecified atom stereocenters. The highest BCUT2D eigenvalue weighted by Gasteiger charge is 2.15. The number of anilines is 1. The first kappa shape index (κ1) is 18.4. The van der Waals surface area contributed by atoms with Gasteiger partial charge in [0.25, 0.3) is 5.91 Å². The Labute approximate surface area is 159 Å². The molecular weight excluding hydrogens is 373 g/mol. The molecule has 1 heterocycles. The molecule has 26 heavy (non-hydrogen) atoms. The molecule has 0 bridgehead atoms. The summed E-state index contributed by atoms with van der Waals surface area (Å²) in [5, 5.41) is 3.42. The number of benzene rings is 2. The third-order valence-corrected chi connectivity index (χ3v) is 4.82. The quantitative estimate of drug-likeness (QED) is 0.487. The second kappa shape index (κ2) is 8.29. The predicted molar refractivity (Wildman–Crippen MR) is 102 cm³/mol. The highest BCUT2D eigenvalue weighted by molar-refractivity contribution is 7.98. The summed E-state index contributed by atoms with van der Waals surface area (Å²) in [6.45, 7) is 1.90. The SMILES string of the molecule is Cc1ccccc1NC(=O)c1nc(SCc2ccc(F)cc2)ncc1Cl. The van der Waals surface area contributed by atoms with Gasteiger partial charge in [-0.2, -0.15) is 0 Å². The summed E-state index contributed by atoms with van der Waals surface area (Å²) in [6.07, 6.45) is 1.41. The van der Waals surface area contributed by atoms with Crippen LogP contribution in [0.2, 0.25) is 5.02 Å². The first-order valence-electron chi connectivity index (χ1n) is 7.79. The normalized spacial score (nSPS) is 10.6. The Balaban J connectivity index is 1.73.